The minimum atomic E-state index is -2.18. The molecule has 3 heterocycles. The van der Waals surface area contributed by atoms with Crippen LogP contribution in [0.4, 0.5) is 0 Å². The van der Waals surface area contributed by atoms with Crippen LogP contribution in [-0.4, -0.2) is 9.97 Å². The molecule has 0 fully saturated rings. The molecule has 0 bridgehead atoms. The third kappa shape index (κ3) is 5.02. The van der Waals surface area contributed by atoms with Crippen LogP contribution in [-0.2, 0) is 20.1 Å². The van der Waals surface area contributed by atoms with Crippen molar-refractivity contribution in [2.75, 3.05) is 0 Å². The number of fused-ring (bicyclic) bond motifs is 5. The zero-order valence-electron chi connectivity index (χ0n) is 26.0. The summed E-state index contributed by atoms with van der Waals surface area (Å²) in [5, 5.41) is 4.69. The van der Waals surface area contributed by atoms with E-state index in [0.29, 0.717) is 11.3 Å². The van der Waals surface area contributed by atoms with Crippen molar-refractivity contribution in [2.24, 2.45) is 0 Å². The fourth-order valence-electron chi connectivity index (χ4n) is 4.35. The quantitative estimate of drug-likeness (QED) is 0.172. The number of nitrogens with zero attached hydrogens (tertiary/aromatic N) is 2. The molecule has 7 rings (SSSR count). The van der Waals surface area contributed by atoms with Crippen LogP contribution in [0.1, 0.15) is 19.4 Å². The van der Waals surface area contributed by atoms with Gasteiger partial charge in [-0.15, -0.1) is 53.6 Å². The average molecular weight is 675 g/mol. The maximum atomic E-state index is 7.28. The second-order valence-electron chi connectivity index (χ2n) is 8.50. The number of furan rings is 1. The summed E-state index contributed by atoms with van der Waals surface area (Å²) in [7, 11) is 0. The van der Waals surface area contributed by atoms with Crippen LogP contribution >= 0.6 is 0 Å². The smallest absolute Gasteiger partial charge is 0.121 e. The molecule has 0 unspecified atom stereocenters. The number of benzene rings is 4. The van der Waals surface area contributed by atoms with Gasteiger partial charge in [0.05, 0.1) is 5.58 Å². The SMILES string of the molecule is [2H]C([2H])([2H])c1c[c-]c(-c2ccc(C([2H])([2H])[2H])cn2)cc1.[Ir].[c-]1ccc2c(oc3ccc4ccccc4c32)c1-c1ccccn1. The molecule has 3 aromatic heterocycles. The molecular formula is C34H24IrN2O-2. The van der Waals surface area contributed by atoms with Crippen molar-refractivity contribution in [3.05, 3.63) is 133 Å². The Morgan fingerprint density at radius 2 is 1.61 bits per heavy atom. The first-order chi connectivity index (χ1) is 20.6. The van der Waals surface area contributed by atoms with Gasteiger partial charge < -0.3 is 14.4 Å². The molecule has 7 aromatic rings. The fraction of sp³-hybridized carbons (Fsp3) is 0.0588. The zero-order valence-corrected chi connectivity index (χ0v) is 22.4. The molecule has 0 aliphatic carbocycles. The summed E-state index contributed by atoms with van der Waals surface area (Å²) in [6.07, 6.45) is 3.09. The van der Waals surface area contributed by atoms with Crippen molar-refractivity contribution in [3.8, 4) is 22.5 Å². The largest absolute Gasteiger partial charge is 0.501 e. The molecule has 38 heavy (non-hydrogen) atoms. The fourth-order valence-corrected chi connectivity index (χ4v) is 4.35. The van der Waals surface area contributed by atoms with Crippen LogP contribution < -0.4 is 0 Å². The van der Waals surface area contributed by atoms with Crippen molar-refractivity contribution in [2.45, 2.75) is 13.7 Å². The molecule has 0 saturated carbocycles. The van der Waals surface area contributed by atoms with Crippen molar-refractivity contribution < 1.29 is 32.7 Å². The Balaban J connectivity index is 0.000000173. The van der Waals surface area contributed by atoms with E-state index in [0.717, 1.165) is 33.2 Å². The van der Waals surface area contributed by atoms with E-state index >= 15 is 0 Å². The van der Waals surface area contributed by atoms with Crippen LogP contribution in [0.25, 0.3) is 55.2 Å². The Morgan fingerprint density at radius 3 is 2.37 bits per heavy atom. The van der Waals surface area contributed by atoms with Crippen LogP contribution in [0.15, 0.2) is 114 Å². The number of pyridine rings is 2. The van der Waals surface area contributed by atoms with Gasteiger partial charge in [-0.1, -0.05) is 72.4 Å². The van der Waals surface area contributed by atoms with Gasteiger partial charge in [0.1, 0.15) is 5.58 Å². The Bertz CT molecular complexity index is 1980. The Labute approximate surface area is 244 Å². The summed E-state index contributed by atoms with van der Waals surface area (Å²) >= 11 is 0. The third-order valence-corrected chi connectivity index (χ3v) is 6.09. The van der Waals surface area contributed by atoms with E-state index < -0.39 is 13.7 Å². The van der Waals surface area contributed by atoms with E-state index in [1.54, 1.807) is 18.3 Å². The van der Waals surface area contributed by atoms with Crippen LogP contribution in [0.5, 0.6) is 0 Å². The van der Waals surface area contributed by atoms with Gasteiger partial charge in [-0.2, -0.15) is 0 Å². The van der Waals surface area contributed by atoms with Gasteiger partial charge in [0.2, 0.25) is 0 Å². The summed E-state index contributed by atoms with van der Waals surface area (Å²) < 4.78 is 49.8. The van der Waals surface area contributed by atoms with E-state index in [9.17, 15) is 0 Å². The van der Waals surface area contributed by atoms with Crippen LogP contribution in [0, 0.1) is 25.8 Å². The predicted molar refractivity (Wildman–Crippen MR) is 151 cm³/mol. The predicted octanol–water partition coefficient (Wildman–Crippen LogP) is 8.76. The number of rotatable bonds is 2. The number of aryl methyl sites for hydroxylation is 2. The molecule has 0 spiro atoms. The second kappa shape index (κ2) is 11.1. The van der Waals surface area contributed by atoms with Crippen molar-refractivity contribution in [1.82, 2.24) is 9.97 Å². The molecule has 0 N–H and O–H groups in total. The monoisotopic (exact) mass is 675 g/mol. The molecule has 4 heteroatoms. The van der Waals surface area contributed by atoms with Gasteiger partial charge in [0, 0.05) is 46.1 Å². The van der Waals surface area contributed by atoms with Crippen molar-refractivity contribution >= 4 is 32.7 Å². The van der Waals surface area contributed by atoms with E-state index in [1.165, 1.54) is 35.2 Å². The summed E-state index contributed by atoms with van der Waals surface area (Å²) in [4.78, 5) is 8.52. The molecule has 0 amide bonds. The standard InChI is InChI=1S/C21H12NO.C13H12N.Ir/c1-2-7-15-14(6-1)11-12-19-20(15)17-9-5-8-16(21(17)23-19)18-10-3-4-13-22-18;1-10-3-6-12(7-4-10)13-8-5-11(2)9-14-13;/h1-7,9-13H;3-6,8-9H,1-2H3;/q2*-1;/i;1D3,2D3;. The van der Waals surface area contributed by atoms with Gasteiger partial charge in [0.25, 0.3) is 0 Å². The first-order valence-corrected chi connectivity index (χ1v) is 11.7. The first-order valence-electron chi connectivity index (χ1n) is 14.7. The van der Waals surface area contributed by atoms with E-state index in [2.05, 4.69) is 58.5 Å². The topological polar surface area (TPSA) is 38.9 Å². The molecule has 1 radical (unpaired) electrons. The molecule has 4 aromatic carbocycles. The molecule has 0 aliphatic rings. The second-order valence-corrected chi connectivity index (χ2v) is 8.50. The molecule has 3 nitrogen and oxygen atoms in total. The van der Waals surface area contributed by atoms with E-state index in [1.807, 2.05) is 30.3 Å². The average Bonchev–Trinajstić information content (AvgIpc) is 3.41. The Hall–Kier alpha value is -4.11. The van der Waals surface area contributed by atoms with Crippen molar-refractivity contribution in [3.63, 3.8) is 0 Å². The van der Waals surface area contributed by atoms with Crippen LogP contribution in [0.3, 0.4) is 0 Å². The number of hydrogen-bond donors (Lipinski definition) is 0. The van der Waals surface area contributed by atoms with Gasteiger partial charge in [-0.25, -0.2) is 0 Å². The normalized spacial score (nSPS) is 13.7. The third-order valence-electron chi connectivity index (χ3n) is 6.09. The van der Waals surface area contributed by atoms with E-state index in [4.69, 9.17) is 12.6 Å². The Kier molecular flexibility index (Phi) is 5.56. The van der Waals surface area contributed by atoms with E-state index in [-0.39, 0.29) is 31.2 Å². The molecule has 0 atom stereocenters. The molecule has 0 aliphatic heterocycles. The summed E-state index contributed by atoms with van der Waals surface area (Å²) in [5.74, 6) is 0. The maximum Gasteiger partial charge on any atom is 0.121 e. The van der Waals surface area contributed by atoms with Crippen LogP contribution in [0.2, 0.25) is 0 Å². The first kappa shape index (κ1) is 19.0. The summed E-state index contributed by atoms with van der Waals surface area (Å²) in [6, 6.07) is 36.1. The maximum absolute atomic E-state index is 7.28. The zero-order chi connectivity index (χ0) is 30.2. The van der Waals surface area contributed by atoms with Gasteiger partial charge in [0.15, 0.2) is 0 Å². The minimum absolute atomic E-state index is 0. The van der Waals surface area contributed by atoms with Gasteiger partial charge >= 0.3 is 0 Å². The molecular weight excluding hydrogens is 645 g/mol. The molecule has 0 saturated heterocycles. The number of hydrogen-bond acceptors (Lipinski definition) is 3. The summed E-state index contributed by atoms with van der Waals surface area (Å²) in [5.41, 5.74) is 5.07. The number of aromatic nitrogens is 2. The van der Waals surface area contributed by atoms with Gasteiger partial charge in [-0.3, -0.25) is 0 Å². The Morgan fingerprint density at radius 1 is 0.737 bits per heavy atom. The summed E-state index contributed by atoms with van der Waals surface area (Å²) in [6.45, 7) is -4.34. The van der Waals surface area contributed by atoms with Gasteiger partial charge in [-0.05, 0) is 46.7 Å². The van der Waals surface area contributed by atoms with Crippen molar-refractivity contribution in [1.29, 1.82) is 0 Å². The minimum Gasteiger partial charge on any atom is -0.501 e. The molecule has 187 valence electrons.